The molecule has 2 rings (SSSR count). The van der Waals surface area contributed by atoms with Gasteiger partial charge in [0.2, 0.25) is 0 Å². The van der Waals surface area contributed by atoms with E-state index in [9.17, 15) is 4.79 Å². The smallest absolute Gasteiger partial charge is 0.172 e. The van der Waals surface area contributed by atoms with Crippen molar-refractivity contribution in [1.29, 1.82) is 0 Å². The highest BCUT2D eigenvalue weighted by Gasteiger charge is 2.30. The zero-order valence-electron chi connectivity index (χ0n) is 16.3. The summed E-state index contributed by atoms with van der Waals surface area (Å²) in [5.41, 5.74) is 2.61. The molecule has 0 saturated carbocycles. The molecule has 0 aliphatic carbocycles. The number of aryl methyl sites for hydroxylation is 2. The number of aldehydes is 1. The first-order valence-electron chi connectivity index (χ1n) is 9.67. The molecule has 2 heterocycles. The molecule has 0 bridgehead atoms. The molecule has 1 aromatic rings. The lowest BCUT2D eigenvalue weighted by atomic mass is 9.91. The fourth-order valence-corrected chi connectivity index (χ4v) is 3.20. The van der Waals surface area contributed by atoms with Gasteiger partial charge in [-0.3, -0.25) is 0 Å². The largest absolute Gasteiger partial charge is 0.352 e. The lowest BCUT2D eigenvalue weighted by Crippen LogP contribution is -2.39. The van der Waals surface area contributed by atoms with E-state index >= 15 is 0 Å². The van der Waals surface area contributed by atoms with Crippen molar-refractivity contribution in [2.24, 2.45) is 5.41 Å². The van der Waals surface area contributed by atoms with Crippen molar-refractivity contribution in [1.82, 2.24) is 0 Å². The molecule has 1 aliphatic heterocycles. The predicted molar refractivity (Wildman–Crippen MR) is 98.4 cm³/mol. The summed E-state index contributed by atoms with van der Waals surface area (Å²) in [4.78, 5) is 11.3. The van der Waals surface area contributed by atoms with Crippen LogP contribution < -0.4 is 4.57 Å². The Hall–Kier alpha value is -1.26. The summed E-state index contributed by atoms with van der Waals surface area (Å²) >= 11 is 0. The second-order valence-electron chi connectivity index (χ2n) is 7.97. The number of carbonyl (C=O) groups is 1. The van der Waals surface area contributed by atoms with Gasteiger partial charge in [0.1, 0.15) is 12.8 Å². The molecule has 1 atom stereocenters. The zero-order valence-corrected chi connectivity index (χ0v) is 16.3. The first kappa shape index (κ1) is 20.1. The summed E-state index contributed by atoms with van der Waals surface area (Å²) in [5, 5.41) is 0. The number of ether oxygens (including phenoxy) is 2. The van der Waals surface area contributed by atoms with Crippen molar-refractivity contribution in [3.63, 3.8) is 0 Å². The molecule has 140 valence electrons. The summed E-state index contributed by atoms with van der Waals surface area (Å²) in [5.74, 6) is 0.142. The van der Waals surface area contributed by atoms with Crippen molar-refractivity contribution in [3.8, 4) is 0 Å². The van der Waals surface area contributed by atoms with Gasteiger partial charge in [-0.2, -0.15) is 0 Å². The van der Waals surface area contributed by atoms with Gasteiger partial charge in [0.05, 0.1) is 13.2 Å². The van der Waals surface area contributed by atoms with E-state index in [1.807, 2.05) is 0 Å². The van der Waals surface area contributed by atoms with Crippen molar-refractivity contribution in [3.05, 3.63) is 29.6 Å². The van der Waals surface area contributed by atoms with Gasteiger partial charge in [0.15, 0.2) is 18.7 Å². The Labute approximate surface area is 152 Å². The second kappa shape index (κ2) is 9.44. The maximum Gasteiger partial charge on any atom is 0.172 e. The van der Waals surface area contributed by atoms with Gasteiger partial charge >= 0.3 is 0 Å². The lowest BCUT2D eigenvalue weighted by Gasteiger charge is -2.35. The highest BCUT2D eigenvalue weighted by Crippen LogP contribution is 2.30. The van der Waals surface area contributed by atoms with E-state index in [1.165, 1.54) is 24.0 Å². The van der Waals surface area contributed by atoms with Crippen LogP contribution in [-0.4, -0.2) is 25.8 Å². The minimum atomic E-state index is -0.215. The van der Waals surface area contributed by atoms with Gasteiger partial charge in [-0.1, -0.05) is 34.1 Å². The van der Waals surface area contributed by atoms with Crippen LogP contribution in [0.15, 0.2) is 18.5 Å². The van der Waals surface area contributed by atoms with E-state index in [1.54, 1.807) is 0 Å². The molecule has 1 fully saturated rings. The molecular formula is C21H34NO3+. The Morgan fingerprint density at radius 1 is 1.28 bits per heavy atom. The number of unbranched alkanes of at least 4 members (excludes halogenated alkanes) is 1. The summed E-state index contributed by atoms with van der Waals surface area (Å²) in [6.07, 6.45) is 9.82. The third-order valence-electron chi connectivity index (χ3n) is 4.83. The highest BCUT2D eigenvalue weighted by molar-refractivity contribution is 5.51. The van der Waals surface area contributed by atoms with E-state index < -0.39 is 0 Å². The Kier molecular flexibility index (Phi) is 7.57. The van der Waals surface area contributed by atoms with Crippen molar-refractivity contribution >= 4 is 6.29 Å². The van der Waals surface area contributed by atoms with Gasteiger partial charge in [0.25, 0.3) is 0 Å². The predicted octanol–water partition coefficient (Wildman–Crippen LogP) is 3.80. The number of carbonyl (C=O) groups excluding carboxylic acids is 1. The van der Waals surface area contributed by atoms with E-state index in [0.717, 1.165) is 25.7 Å². The molecule has 1 aliphatic rings. The van der Waals surface area contributed by atoms with E-state index in [0.29, 0.717) is 19.6 Å². The van der Waals surface area contributed by atoms with Crippen LogP contribution in [-0.2, 0) is 27.2 Å². The highest BCUT2D eigenvalue weighted by atomic mass is 16.7. The molecule has 25 heavy (non-hydrogen) atoms. The Morgan fingerprint density at radius 3 is 2.60 bits per heavy atom. The van der Waals surface area contributed by atoms with Crippen molar-refractivity contribution in [2.45, 2.75) is 78.6 Å². The molecular weight excluding hydrogens is 314 g/mol. The van der Waals surface area contributed by atoms with E-state index in [2.05, 4.69) is 50.7 Å². The second-order valence-corrected chi connectivity index (χ2v) is 7.97. The third kappa shape index (κ3) is 6.19. The van der Waals surface area contributed by atoms with E-state index in [-0.39, 0.29) is 17.6 Å². The summed E-state index contributed by atoms with van der Waals surface area (Å²) in [6.45, 7) is 11.1. The lowest BCUT2D eigenvalue weighted by molar-refractivity contribution is -0.698. The summed E-state index contributed by atoms with van der Waals surface area (Å²) in [6, 6.07) is 2.24. The van der Waals surface area contributed by atoms with Gasteiger partial charge < -0.3 is 14.3 Å². The summed E-state index contributed by atoms with van der Waals surface area (Å²) in [7, 11) is 0. The number of rotatable bonds is 9. The van der Waals surface area contributed by atoms with Gasteiger partial charge in [-0.25, -0.2) is 4.57 Å². The first-order chi connectivity index (χ1) is 12.0. The van der Waals surface area contributed by atoms with Crippen LogP contribution in [0.25, 0.3) is 0 Å². The van der Waals surface area contributed by atoms with Gasteiger partial charge in [0, 0.05) is 41.7 Å². The SMILES string of the molecule is CCCC[n+]1cc(CC)cc(C(CC=O)CC2OCC(C)(C)CO2)c1. The quantitative estimate of drug-likeness (QED) is 0.503. The van der Waals surface area contributed by atoms with Crippen LogP contribution in [0, 0.1) is 5.41 Å². The van der Waals surface area contributed by atoms with Crippen LogP contribution >= 0.6 is 0 Å². The first-order valence-corrected chi connectivity index (χ1v) is 9.67. The van der Waals surface area contributed by atoms with Crippen LogP contribution in [0.3, 0.4) is 0 Å². The molecule has 0 N–H and O–H groups in total. The minimum absolute atomic E-state index is 0.0714. The number of pyridine rings is 1. The number of hydrogen-bond donors (Lipinski definition) is 0. The van der Waals surface area contributed by atoms with Gasteiger partial charge in [-0.15, -0.1) is 0 Å². The molecule has 1 saturated heterocycles. The van der Waals surface area contributed by atoms with E-state index in [4.69, 9.17) is 9.47 Å². The number of nitrogens with zero attached hydrogens (tertiary/aromatic N) is 1. The van der Waals surface area contributed by atoms with Crippen LogP contribution in [0.1, 0.15) is 70.4 Å². The molecule has 4 nitrogen and oxygen atoms in total. The topological polar surface area (TPSA) is 39.4 Å². The minimum Gasteiger partial charge on any atom is -0.352 e. The molecule has 0 amide bonds. The molecule has 0 spiro atoms. The zero-order chi connectivity index (χ0) is 18.3. The monoisotopic (exact) mass is 348 g/mol. The standard InChI is InChI=1S/C21H34NO3/c1-5-7-9-22-13-17(6-2)11-19(14-22)18(8-10-23)12-20-24-15-21(3,4)16-25-20/h10-11,13-14,18,20H,5-9,12,15-16H2,1-4H3/q+1. The Morgan fingerprint density at radius 2 is 2.00 bits per heavy atom. The average Bonchev–Trinajstić information content (AvgIpc) is 2.60. The number of aromatic nitrogens is 1. The molecule has 1 unspecified atom stereocenters. The van der Waals surface area contributed by atoms with Crippen molar-refractivity contribution in [2.75, 3.05) is 13.2 Å². The maximum absolute atomic E-state index is 11.3. The van der Waals surface area contributed by atoms with Crippen LogP contribution in [0.5, 0.6) is 0 Å². The normalized spacial score (nSPS) is 18.9. The Bertz CT molecular complexity index is 546. The fraction of sp³-hybridized carbons (Fsp3) is 0.714. The van der Waals surface area contributed by atoms with Crippen LogP contribution in [0.2, 0.25) is 0 Å². The fourth-order valence-electron chi connectivity index (χ4n) is 3.20. The Balaban J connectivity index is 2.13. The van der Waals surface area contributed by atoms with Crippen LogP contribution in [0.4, 0.5) is 0 Å². The molecule has 1 aromatic heterocycles. The number of hydrogen-bond acceptors (Lipinski definition) is 3. The molecule has 0 aromatic carbocycles. The summed E-state index contributed by atoms with van der Waals surface area (Å²) < 4.78 is 14.1. The molecule has 0 radical (unpaired) electrons. The van der Waals surface area contributed by atoms with Crippen molar-refractivity contribution < 1.29 is 18.8 Å². The third-order valence-corrected chi connectivity index (χ3v) is 4.83. The van der Waals surface area contributed by atoms with Gasteiger partial charge in [-0.05, 0) is 12.5 Å². The average molecular weight is 349 g/mol. The molecule has 4 heteroatoms. The maximum atomic E-state index is 11.3.